The maximum atomic E-state index is 11.8. The summed E-state index contributed by atoms with van der Waals surface area (Å²) in [5.41, 5.74) is 0. The Balaban J connectivity index is 2.42. The van der Waals surface area contributed by atoms with Crippen molar-refractivity contribution in [1.82, 2.24) is 20.4 Å². The second-order valence-electron chi connectivity index (χ2n) is 4.69. The van der Waals surface area contributed by atoms with E-state index in [9.17, 15) is 9.59 Å². The van der Waals surface area contributed by atoms with Crippen LogP contribution in [0.25, 0.3) is 0 Å². The van der Waals surface area contributed by atoms with E-state index in [1.807, 2.05) is 13.8 Å². The lowest BCUT2D eigenvalue weighted by atomic mass is 10.2. The summed E-state index contributed by atoms with van der Waals surface area (Å²) in [7, 11) is 1.67. The third kappa shape index (κ3) is 5.07. The zero-order valence-electron chi connectivity index (χ0n) is 11.8. The molecule has 0 unspecified atom stereocenters. The molecule has 0 saturated carbocycles. The molecule has 1 rings (SSSR count). The Morgan fingerprint density at radius 3 is 2.63 bits per heavy atom. The van der Waals surface area contributed by atoms with E-state index in [1.165, 1.54) is 11.8 Å². The zero-order valence-corrected chi connectivity index (χ0v) is 11.8. The average molecular weight is 268 g/mol. The van der Waals surface area contributed by atoms with Gasteiger partial charge in [0.05, 0.1) is 6.54 Å². The first kappa shape index (κ1) is 15.1. The maximum absolute atomic E-state index is 11.8. The second-order valence-corrected chi connectivity index (χ2v) is 4.69. The molecule has 0 bridgehead atoms. The van der Waals surface area contributed by atoms with Gasteiger partial charge in [-0.2, -0.15) is 4.98 Å². The minimum absolute atomic E-state index is 0.0790. The van der Waals surface area contributed by atoms with Crippen LogP contribution < -0.4 is 5.32 Å². The van der Waals surface area contributed by atoms with Gasteiger partial charge in [-0.15, -0.1) is 0 Å². The van der Waals surface area contributed by atoms with Gasteiger partial charge in [0.2, 0.25) is 17.7 Å². The molecule has 7 nitrogen and oxygen atoms in total. The molecular weight excluding hydrogens is 248 g/mol. The lowest BCUT2D eigenvalue weighted by molar-refractivity contribution is -0.130. The Kier molecular flexibility index (Phi) is 5.47. The Morgan fingerprint density at radius 1 is 1.42 bits per heavy atom. The Morgan fingerprint density at radius 2 is 2.11 bits per heavy atom. The molecule has 0 saturated heterocycles. The van der Waals surface area contributed by atoms with Crippen LogP contribution >= 0.6 is 0 Å². The molecule has 0 atom stereocenters. The monoisotopic (exact) mass is 268 g/mol. The lowest BCUT2D eigenvalue weighted by Gasteiger charge is -2.14. The standard InChI is InChI=1S/C12H20N4O3/c1-8(2)12-14-10(15-19-12)7-16(4)11(18)5-6-13-9(3)17/h8H,5-7H2,1-4H3,(H,13,17). The van der Waals surface area contributed by atoms with Crippen molar-refractivity contribution in [3.8, 4) is 0 Å². The molecule has 0 aliphatic carbocycles. The summed E-state index contributed by atoms with van der Waals surface area (Å²) in [6.07, 6.45) is 0.255. The number of nitrogens with zero attached hydrogens (tertiary/aromatic N) is 3. The normalized spacial score (nSPS) is 10.6. The van der Waals surface area contributed by atoms with Crippen molar-refractivity contribution in [3.05, 3.63) is 11.7 Å². The van der Waals surface area contributed by atoms with E-state index in [4.69, 9.17) is 4.52 Å². The molecule has 7 heteroatoms. The molecule has 1 aromatic heterocycles. The molecular formula is C12H20N4O3. The molecule has 0 fully saturated rings. The number of hydrogen-bond acceptors (Lipinski definition) is 5. The van der Waals surface area contributed by atoms with Crippen LogP contribution in [0, 0.1) is 0 Å². The van der Waals surface area contributed by atoms with E-state index >= 15 is 0 Å². The average Bonchev–Trinajstić information content (AvgIpc) is 2.76. The molecule has 106 valence electrons. The topological polar surface area (TPSA) is 88.3 Å². The summed E-state index contributed by atoms with van der Waals surface area (Å²) in [6, 6.07) is 0. The van der Waals surface area contributed by atoms with Gasteiger partial charge in [0.25, 0.3) is 0 Å². The highest BCUT2D eigenvalue weighted by Crippen LogP contribution is 2.11. The third-order valence-corrected chi connectivity index (χ3v) is 2.49. The SMILES string of the molecule is CC(=O)NCCC(=O)N(C)Cc1noc(C(C)C)n1. The maximum Gasteiger partial charge on any atom is 0.229 e. The van der Waals surface area contributed by atoms with Crippen LogP contribution in [0.4, 0.5) is 0 Å². The van der Waals surface area contributed by atoms with Gasteiger partial charge in [-0.1, -0.05) is 19.0 Å². The fourth-order valence-corrected chi connectivity index (χ4v) is 1.40. The molecule has 19 heavy (non-hydrogen) atoms. The number of nitrogens with one attached hydrogen (secondary N) is 1. The quantitative estimate of drug-likeness (QED) is 0.819. The predicted octanol–water partition coefficient (Wildman–Crippen LogP) is 0.678. The summed E-state index contributed by atoms with van der Waals surface area (Å²) in [6.45, 7) is 5.97. The van der Waals surface area contributed by atoms with Crippen molar-refractivity contribution in [3.63, 3.8) is 0 Å². The highest BCUT2D eigenvalue weighted by atomic mass is 16.5. The minimum Gasteiger partial charge on any atom is -0.356 e. The fourth-order valence-electron chi connectivity index (χ4n) is 1.40. The van der Waals surface area contributed by atoms with E-state index < -0.39 is 0 Å². The number of carbonyl (C=O) groups excluding carboxylic acids is 2. The van der Waals surface area contributed by atoms with Crippen LogP contribution in [-0.4, -0.2) is 40.4 Å². The van der Waals surface area contributed by atoms with Crippen molar-refractivity contribution in [1.29, 1.82) is 0 Å². The van der Waals surface area contributed by atoms with E-state index in [-0.39, 0.29) is 24.2 Å². The third-order valence-electron chi connectivity index (χ3n) is 2.49. The summed E-state index contributed by atoms with van der Waals surface area (Å²) >= 11 is 0. The highest BCUT2D eigenvalue weighted by molar-refractivity contribution is 5.77. The van der Waals surface area contributed by atoms with Gasteiger partial charge >= 0.3 is 0 Å². The van der Waals surface area contributed by atoms with E-state index in [0.29, 0.717) is 24.8 Å². The Bertz CT molecular complexity index is 442. The van der Waals surface area contributed by atoms with E-state index in [0.717, 1.165) is 0 Å². The molecule has 0 radical (unpaired) electrons. The van der Waals surface area contributed by atoms with Crippen LogP contribution in [0.2, 0.25) is 0 Å². The first-order chi connectivity index (χ1) is 8.90. The zero-order chi connectivity index (χ0) is 14.4. The molecule has 0 aromatic carbocycles. The summed E-state index contributed by atoms with van der Waals surface area (Å²) in [4.78, 5) is 28.2. The van der Waals surface area contributed by atoms with Crippen LogP contribution in [0.3, 0.4) is 0 Å². The number of hydrogen-bond donors (Lipinski definition) is 1. The molecule has 0 aliphatic heterocycles. The first-order valence-corrected chi connectivity index (χ1v) is 6.21. The van der Waals surface area contributed by atoms with Crippen LogP contribution in [0.1, 0.15) is 44.8 Å². The second kappa shape index (κ2) is 6.86. The van der Waals surface area contributed by atoms with Gasteiger partial charge in [-0.05, 0) is 0 Å². The summed E-state index contributed by atoms with van der Waals surface area (Å²) < 4.78 is 5.06. The van der Waals surface area contributed by atoms with E-state index in [1.54, 1.807) is 7.05 Å². The Labute approximate surface area is 112 Å². The number of rotatable bonds is 6. The van der Waals surface area contributed by atoms with Crippen molar-refractivity contribution < 1.29 is 14.1 Å². The van der Waals surface area contributed by atoms with Crippen LogP contribution in [0.15, 0.2) is 4.52 Å². The smallest absolute Gasteiger partial charge is 0.229 e. The van der Waals surface area contributed by atoms with Crippen LogP contribution in [-0.2, 0) is 16.1 Å². The van der Waals surface area contributed by atoms with Gasteiger partial charge in [0.1, 0.15) is 0 Å². The van der Waals surface area contributed by atoms with Crippen molar-refractivity contribution in [2.24, 2.45) is 0 Å². The molecule has 0 spiro atoms. The molecule has 2 amide bonds. The predicted molar refractivity (Wildman–Crippen MR) is 68.2 cm³/mol. The largest absolute Gasteiger partial charge is 0.356 e. The molecule has 1 heterocycles. The molecule has 1 N–H and O–H groups in total. The lowest BCUT2D eigenvalue weighted by Crippen LogP contribution is -2.31. The number of amides is 2. The molecule has 1 aromatic rings. The molecule has 0 aliphatic rings. The number of carbonyl (C=O) groups is 2. The van der Waals surface area contributed by atoms with Gasteiger partial charge in [0.15, 0.2) is 5.82 Å². The van der Waals surface area contributed by atoms with Gasteiger partial charge in [-0.25, -0.2) is 0 Å². The van der Waals surface area contributed by atoms with Crippen LogP contribution in [0.5, 0.6) is 0 Å². The highest BCUT2D eigenvalue weighted by Gasteiger charge is 2.14. The van der Waals surface area contributed by atoms with Gasteiger partial charge < -0.3 is 14.7 Å². The number of aromatic nitrogens is 2. The van der Waals surface area contributed by atoms with Gasteiger partial charge in [-0.3, -0.25) is 9.59 Å². The summed E-state index contributed by atoms with van der Waals surface area (Å²) in [5, 5.41) is 6.40. The Hall–Kier alpha value is -1.92. The van der Waals surface area contributed by atoms with Crippen molar-refractivity contribution in [2.45, 2.75) is 39.7 Å². The van der Waals surface area contributed by atoms with E-state index in [2.05, 4.69) is 15.5 Å². The van der Waals surface area contributed by atoms with Gasteiger partial charge in [0, 0.05) is 32.9 Å². The first-order valence-electron chi connectivity index (χ1n) is 6.21. The minimum atomic E-state index is -0.143. The summed E-state index contributed by atoms with van der Waals surface area (Å²) in [5.74, 6) is 0.995. The van der Waals surface area contributed by atoms with Crippen molar-refractivity contribution in [2.75, 3.05) is 13.6 Å². The fraction of sp³-hybridized carbons (Fsp3) is 0.667. The van der Waals surface area contributed by atoms with Crippen molar-refractivity contribution >= 4 is 11.8 Å².